The third-order valence-electron chi connectivity index (χ3n) is 3.43. The molecule has 2 unspecified atom stereocenters. The quantitative estimate of drug-likeness (QED) is 0.853. The molecule has 18 heavy (non-hydrogen) atoms. The first-order valence-electron chi connectivity index (χ1n) is 6.38. The number of halogens is 2. The summed E-state index contributed by atoms with van der Waals surface area (Å²) < 4.78 is 0. The lowest BCUT2D eigenvalue weighted by Crippen LogP contribution is -2.37. The molecule has 2 N–H and O–H groups in total. The molecule has 0 radical (unpaired) electrons. The van der Waals surface area contributed by atoms with Crippen molar-refractivity contribution in [2.24, 2.45) is 5.73 Å². The van der Waals surface area contributed by atoms with Crippen molar-refractivity contribution in [3.63, 3.8) is 0 Å². The van der Waals surface area contributed by atoms with Gasteiger partial charge in [-0.3, -0.25) is 4.90 Å². The largest absolute Gasteiger partial charge is 0.329 e. The van der Waals surface area contributed by atoms with Gasteiger partial charge in [-0.1, -0.05) is 36.5 Å². The molecule has 0 aliphatic carbocycles. The maximum Gasteiger partial charge on any atom is 0.0485 e. The van der Waals surface area contributed by atoms with Gasteiger partial charge < -0.3 is 5.73 Å². The second-order valence-corrected chi connectivity index (χ2v) is 5.56. The van der Waals surface area contributed by atoms with Crippen LogP contribution in [0.4, 0.5) is 0 Å². The Morgan fingerprint density at radius 2 is 2.00 bits per heavy atom. The Bertz CT molecular complexity index is 382. The lowest BCUT2D eigenvalue weighted by molar-refractivity contribution is 0.180. The Morgan fingerprint density at radius 3 is 2.56 bits per heavy atom. The number of hydrogen-bond acceptors (Lipinski definition) is 2. The van der Waals surface area contributed by atoms with Gasteiger partial charge in [-0.25, -0.2) is 0 Å². The van der Waals surface area contributed by atoms with Crippen LogP contribution >= 0.6 is 23.2 Å². The lowest BCUT2D eigenvalue weighted by Gasteiger charge is -2.33. The van der Waals surface area contributed by atoms with E-state index in [0.29, 0.717) is 17.6 Å². The topological polar surface area (TPSA) is 29.3 Å². The second-order valence-electron chi connectivity index (χ2n) is 4.72. The molecule has 0 aliphatic heterocycles. The number of nitrogens with zero attached hydrogens (tertiary/aromatic N) is 1. The molecule has 1 rings (SSSR count). The molecule has 2 atom stereocenters. The average molecular weight is 289 g/mol. The van der Waals surface area contributed by atoms with Crippen LogP contribution < -0.4 is 5.73 Å². The fraction of sp³-hybridized carbons (Fsp3) is 0.571. The zero-order valence-corrected chi connectivity index (χ0v) is 12.8. The van der Waals surface area contributed by atoms with E-state index in [1.54, 1.807) is 6.07 Å². The van der Waals surface area contributed by atoms with Gasteiger partial charge in [-0.2, -0.15) is 0 Å². The highest BCUT2D eigenvalue weighted by Gasteiger charge is 2.22. The fourth-order valence-electron chi connectivity index (χ4n) is 2.21. The van der Waals surface area contributed by atoms with Gasteiger partial charge in [0.15, 0.2) is 0 Å². The van der Waals surface area contributed by atoms with Crippen molar-refractivity contribution in [2.75, 3.05) is 13.6 Å². The molecule has 0 amide bonds. The number of hydrogen-bond donors (Lipinski definition) is 1. The first-order chi connectivity index (χ1) is 8.51. The monoisotopic (exact) mass is 288 g/mol. The minimum Gasteiger partial charge on any atom is -0.329 e. The SMILES string of the molecule is CCCC(C)N(C)C(CN)c1cc(Cl)ccc1Cl. The molecule has 4 heteroatoms. The van der Waals surface area contributed by atoms with E-state index >= 15 is 0 Å². The van der Waals surface area contributed by atoms with Crippen molar-refractivity contribution in [3.8, 4) is 0 Å². The van der Waals surface area contributed by atoms with Crippen LogP contribution in [0.3, 0.4) is 0 Å². The van der Waals surface area contributed by atoms with Crippen molar-refractivity contribution in [3.05, 3.63) is 33.8 Å². The zero-order chi connectivity index (χ0) is 13.7. The molecule has 1 aromatic rings. The first-order valence-corrected chi connectivity index (χ1v) is 7.13. The van der Waals surface area contributed by atoms with Gasteiger partial charge in [-0.15, -0.1) is 0 Å². The van der Waals surface area contributed by atoms with E-state index < -0.39 is 0 Å². The van der Waals surface area contributed by atoms with Crippen LogP contribution in [0.15, 0.2) is 18.2 Å². The Kier molecular flexibility index (Phi) is 6.44. The summed E-state index contributed by atoms with van der Waals surface area (Å²) >= 11 is 12.3. The van der Waals surface area contributed by atoms with Gasteiger partial charge in [-0.05, 0) is 44.2 Å². The maximum atomic E-state index is 6.25. The summed E-state index contributed by atoms with van der Waals surface area (Å²) in [4.78, 5) is 2.28. The second kappa shape index (κ2) is 7.34. The van der Waals surface area contributed by atoms with E-state index in [4.69, 9.17) is 28.9 Å². The van der Waals surface area contributed by atoms with E-state index in [0.717, 1.165) is 23.4 Å². The van der Waals surface area contributed by atoms with Crippen LogP contribution in [0.1, 0.15) is 38.3 Å². The normalized spacial score (nSPS) is 14.8. The Hall–Kier alpha value is -0.280. The number of likely N-dealkylation sites (N-methyl/N-ethyl adjacent to an activating group) is 1. The summed E-state index contributed by atoms with van der Waals surface area (Å²) in [7, 11) is 2.09. The average Bonchev–Trinajstić information content (AvgIpc) is 2.34. The molecule has 0 aromatic heterocycles. The summed E-state index contributed by atoms with van der Waals surface area (Å²) in [6.07, 6.45) is 2.30. The Morgan fingerprint density at radius 1 is 1.33 bits per heavy atom. The fourth-order valence-corrected chi connectivity index (χ4v) is 2.64. The van der Waals surface area contributed by atoms with E-state index in [1.165, 1.54) is 0 Å². The van der Waals surface area contributed by atoms with E-state index in [9.17, 15) is 0 Å². The third-order valence-corrected chi connectivity index (χ3v) is 4.01. The van der Waals surface area contributed by atoms with Gasteiger partial charge in [0.1, 0.15) is 0 Å². The highest BCUT2D eigenvalue weighted by molar-refractivity contribution is 6.33. The predicted octanol–water partition coefficient (Wildman–Crippen LogP) is 4.11. The van der Waals surface area contributed by atoms with Gasteiger partial charge >= 0.3 is 0 Å². The summed E-state index contributed by atoms with van der Waals surface area (Å²) in [6.45, 7) is 4.93. The number of rotatable bonds is 6. The highest BCUT2D eigenvalue weighted by Crippen LogP contribution is 2.30. The van der Waals surface area contributed by atoms with Gasteiger partial charge in [0.2, 0.25) is 0 Å². The van der Waals surface area contributed by atoms with Crippen LogP contribution in [0, 0.1) is 0 Å². The predicted molar refractivity (Wildman–Crippen MR) is 80.4 cm³/mol. The molecule has 0 heterocycles. The standard InChI is InChI=1S/C14H22Cl2N2/c1-4-5-10(2)18(3)14(9-17)12-8-11(15)6-7-13(12)16/h6-8,10,14H,4-5,9,17H2,1-3H3. The molecule has 1 aromatic carbocycles. The molecule has 102 valence electrons. The van der Waals surface area contributed by atoms with Crippen LogP contribution in [-0.4, -0.2) is 24.5 Å². The molecule has 0 bridgehead atoms. The molecule has 0 saturated heterocycles. The number of benzene rings is 1. The minimum absolute atomic E-state index is 0.109. The summed E-state index contributed by atoms with van der Waals surface area (Å²) in [5, 5.41) is 1.43. The summed E-state index contributed by atoms with van der Waals surface area (Å²) in [5.41, 5.74) is 6.93. The third kappa shape index (κ3) is 3.86. The van der Waals surface area contributed by atoms with E-state index in [-0.39, 0.29) is 6.04 Å². The summed E-state index contributed by atoms with van der Waals surface area (Å²) in [5.74, 6) is 0. The molecular formula is C14H22Cl2N2. The van der Waals surface area contributed by atoms with Crippen molar-refractivity contribution in [1.82, 2.24) is 4.90 Å². The molecule has 0 aliphatic rings. The first kappa shape index (κ1) is 15.8. The van der Waals surface area contributed by atoms with Gasteiger partial charge in [0.05, 0.1) is 0 Å². The zero-order valence-electron chi connectivity index (χ0n) is 11.3. The van der Waals surface area contributed by atoms with Crippen LogP contribution in [-0.2, 0) is 0 Å². The van der Waals surface area contributed by atoms with Gasteiger partial charge in [0, 0.05) is 28.7 Å². The maximum absolute atomic E-state index is 6.25. The number of nitrogens with two attached hydrogens (primary N) is 1. The van der Waals surface area contributed by atoms with Crippen LogP contribution in [0.25, 0.3) is 0 Å². The van der Waals surface area contributed by atoms with Crippen molar-refractivity contribution in [2.45, 2.75) is 38.8 Å². The van der Waals surface area contributed by atoms with E-state index in [1.807, 2.05) is 12.1 Å². The smallest absolute Gasteiger partial charge is 0.0485 e. The van der Waals surface area contributed by atoms with E-state index in [2.05, 4.69) is 25.8 Å². The van der Waals surface area contributed by atoms with Crippen LogP contribution in [0.2, 0.25) is 10.0 Å². The molecule has 2 nitrogen and oxygen atoms in total. The van der Waals surface area contributed by atoms with Gasteiger partial charge in [0.25, 0.3) is 0 Å². The molecule has 0 saturated carbocycles. The summed E-state index contributed by atoms with van der Waals surface area (Å²) in [6, 6.07) is 6.13. The minimum atomic E-state index is 0.109. The molecule has 0 spiro atoms. The Labute approximate surface area is 120 Å². The van der Waals surface area contributed by atoms with Crippen molar-refractivity contribution < 1.29 is 0 Å². The molecule has 0 fully saturated rings. The van der Waals surface area contributed by atoms with Crippen molar-refractivity contribution in [1.29, 1.82) is 0 Å². The van der Waals surface area contributed by atoms with Crippen LogP contribution in [0.5, 0.6) is 0 Å². The lowest BCUT2D eigenvalue weighted by atomic mass is 10.0. The molecular weight excluding hydrogens is 267 g/mol. The van der Waals surface area contributed by atoms with Crippen molar-refractivity contribution >= 4 is 23.2 Å². The highest BCUT2D eigenvalue weighted by atomic mass is 35.5. The Balaban J connectivity index is 2.98.